The monoisotopic (exact) mass is 849 g/mol. The molecular weight excluding hydrogens is 796 g/mol. The Hall–Kier alpha value is -4.61. The zero-order valence-corrected chi connectivity index (χ0v) is 35.2. The van der Waals surface area contributed by atoms with E-state index in [1.165, 1.54) is 11.8 Å². The summed E-state index contributed by atoms with van der Waals surface area (Å²) in [6, 6.07) is 6.24. The van der Waals surface area contributed by atoms with Crippen LogP contribution in [0.1, 0.15) is 93.4 Å². The first-order valence-electron chi connectivity index (χ1n) is 20.1. The maximum atomic E-state index is 14.8. The van der Waals surface area contributed by atoms with Gasteiger partial charge in [-0.1, -0.05) is 44.2 Å². The lowest BCUT2D eigenvalue weighted by atomic mass is 9.88. The Morgan fingerprint density at radius 3 is 2.44 bits per heavy atom. The minimum Gasteiger partial charge on any atom is -0.475 e. The standard InChI is InChI=1S/C41H54F3N5O9S/c1-23(2)56-31-19-26-13-9-11-15-29(26)34(45-31)57-28-20-30-33(50)47-40(36(52)48-59(54,55)39(7)16-17-39)21-27(40)14-10-8-12-24(3)18-25(4)32(35(51)49(30)22-28)46-37(53)58-38(5,6)41(42,43)44/h9-11,13-15,19,23-25,27-28,30,32H,8,12,16-18,20-22H2,1-7H3,(H,46,53)(H,47,50)(H,48,52)/t24-,25+,27+,28+,30-,32-,40+/m0/s1. The third-order valence-corrected chi connectivity index (χ3v) is 14.0. The molecule has 3 heterocycles. The smallest absolute Gasteiger partial charge is 0.427 e. The molecule has 4 aliphatic rings. The largest absolute Gasteiger partial charge is 0.475 e. The zero-order chi connectivity index (χ0) is 43.3. The van der Waals surface area contributed by atoms with Crippen molar-refractivity contribution in [1.29, 1.82) is 0 Å². The Balaban J connectivity index is 1.37. The van der Waals surface area contributed by atoms with E-state index in [1.807, 2.05) is 39.0 Å². The first-order valence-corrected chi connectivity index (χ1v) is 21.6. The van der Waals surface area contributed by atoms with Crippen LogP contribution in [0.3, 0.4) is 0 Å². The molecular formula is C41H54F3N5O9S. The van der Waals surface area contributed by atoms with Gasteiger partial charge in [-0.3, -0.25) is 19.1 Å². The SMILES string of the molecule is CC(C)Oc1cc2ccccc2c(O[C@@H]2C[C@H]3C(=O)N[C@]4(C(=O)NS(=O)(=O)C5(C)CC5)C[C@H]4C=CCC[C@H](C)C[C@@H](C)[C@H](NC(=O)OC(C)(C)C(F)(F)F)C(=O)N3C2)n1. The van der Waals surface area contributed by atoms with Gasteiger partial charge in [0.1, 0.15) is 23.7 Å². The van der Waals surface area contributed by atoms with Crippen LogP contribution in [0.4, 0.5) is 18.0 Å². The van der Waals surface area contributed by atoms with Crippen LogP contribution in [0.25, 0.3) is 10.8 Å². The lowest BCUT2D eigenvalue weighted by molar-refractivity contribution is -0.244. The van der Waals surface area contributed by atoms with Crippen molar-refractivity contribution in [3.8, 4) is 11.8 Å². The zero-order valence-electron chi connectivity index (χ0n) is 34.4. The van der Waals surface area contributed by atoms with E-state index >= 15 is 0 Å². The molecule has 0 spiro atoms. The van der Waals surface area contributed by atoms with Gasteiger partial charge in [0.15, 0.2) is 0 Å². The molecule has 1 aromatic carbocycles. The molecule has 2 saturated carbocycles. The maximum Gasteiger partial charge on any atom is 0.427 e. The second-order valence-corrected chi connectivity index (χ2v) is 19.8. The van der Waals surface area contributed by atoms with Crippen LogP contribution in [-0.4, -0.2) is 95.0 Å². The van der Waals surface area contributed by atoms with Crippen LogP contribution >= 0.6 is 0 Å². The minimum atomic E-state index is -4.92. The summed E-state index contributed by atoms with van der Waals surface area (Å²) in [5.41, 5.74) is -4.54. The van der Waals surface area contributed by atoms with E-state index in [2.05, 4.69) is 20.3 Å². The summed E-state index contributed by atoms with van der Waals surface area (Å²) >= 11 is 0. The molecule has 0 bridgehead atoms. The normalized spacial score (nSPS) is 28.7. The van der Waals surface area contributed by atoms with Gasteiger partial charge in [-0.05, 0) is 96.4 Å². The van der Waals surface area contributed by atoms with E-state index in [-0.39, 0.29) is 43.2 Å². The number of ether oxygens (including phenoxy) is 3. The Morgan fingerprint density at radius 1 is 1.08 bits per heavy atom. The fourth-order valence-corrected chi connectivity index (χ4v) is 9.05. The van der Waals surface area contributed by atoms with E-state index in [9.17, 15) is 40.8 Å². The number of pyridine rings is 1. The number of benzene rings is 1. The van der Waals surface area contributed by atoms with Crippen molar-refractivity contribution in [3.63, 3.8) is 0 Å². The number of carbonyl (C=O) groups is 4. The number of nitrogens with one attached hydrogen (secondary N) is 3. The quantitative estimate of drug-likeness (QED) is 0.265. The molecule has 2 aliphatic carbocycles. The van der Waals surface area contributed by atoms with Crippen LogP contribution in [-0.2, 0) is 29.1 Å². The summed E-state index contributed by atoms with van der Waals surface area (Å²) < 4.78 is 86.0. The van der Waals surface area contributed by atoms with Gasteiger partial charge in [0, 0.05) is 23.8 Å². The highest BCUT2D eigenvalue weighted by Crippen LogP contribution is 2.48. The van der Waals surface area contributed by atoms with Gasteiger partial charge < -0.3 is 29.7 Å². The molecule has 3 N–H and O–H groups in total. The molecule has 7 atom stereocenters. The fraction of sp³-hybridized carbons (Fsp3) is 0.634. The summed E-state index contributed by atoms with van der Waals surface area (Å²) in [6.45, 7) is 10.0. The Kier molecular flexibility index (Phi) is 12.0. The molecule has 18 heteroatoms. The number of nitrogens with zero attached hydrogens (tertiary/aromatic N) is 2. The second kappa shape index (κ2) is 16.1. The Bertz CT molecular complexity index is 2110. The van der Waals surface area contributed by atoms with E-state index in [0.29, 0.717) is 51.3 Å². The minimum absolute atomic E-state index is 0.0406. The van der Waals surface area contributed by atoms with E-state index < -0.39 is 85.9 Å². The molecule has 2 aliphatic heterocycles. The van der Waals surface area contributed by atoms with Crippen LogP contribution in [0.2, 0.25) is 0 Å². The number of fused-ring (bicyclic) bond motifs is 3. The molecule has 3 fully saturated rings. The number of hydrogen-bond acceptors (Lipinski definition) is 10. The Morgan fingerprint density at radius 2 is 1.78 bits per heavy atom. The summed E-state index contributed by atoms with van der Waals surface area (Å²) in [5, 5.41) is 6.56. The molecule has 14 nitrogen and oxygen atoms in total. The second-order valence-electron chi connectivity index (χ2n) is 17.6. The number of sulfonamides is 1. The summed E-state index contributed by atoms with van der Waals surface area (Å²) in [5.74, 6) is -3.25. The molecule has 0 unspecified atom stereocenters. The number of allylic oxidation sites excluding steroid dienone is 1. The molecule has 1 aromatic heterocycles. The number of alkyl halides is 3. The topological polar surface area (TPSA) is 182 Å². The third-order valence-electron chi connectivity index (χ3n) is 11.9. The predicted octanol–water partition coefficient (Wildman–Crippen LogP) is 5.69. The van der Waals surface area contributed by atoms with Gasteiger partial charge in [0.25, 0.3) is 5.91 Å². The van der Waals surface area contributed by atoms with E-state index in [1.54, 1.807) is 31.2 Å². The number of hydrogen-bond donors (Lipinski definition) is 3. The average Bonchev–Trinajstić information content (AvgIpc) is 4.01. The van der Waals surface area contributed by atoms with Crippen molar-refractivity contribution in [1.82, 2.24) is 25.2 Å². The molecule has 1 saturated heterocycles. The Labute approximate surface area is 342 Å². The van der Waals surface area contributed by atoms with Gasteiger partial charge >= 0.3 is 12.3 Å². The van der Waals surface area contributed by atoms with Gasteiger partial charge in [-0.15, -0.1) is 0 Å². The molecule has 59 heavy (non-hydrogen) atoms. The van der Waals surface area contributed by atoms with Crippen molar-refractivity contribution in [2.75, 3.05) is 6.54 Å². The summed E-state index contributed by atoms with van der Waals surface area (Å²) in [6.07, 6.45) is -1.60. The fourth-order valence-electron chi connectivity index (χ4n) is 7.74. The van der Waals surface area contributed by atoms with E-state index in [4.69, 9.17) is 14.2 Å². The number of halogens is 3. The summed E-state index contributed by atoms with van der Waals surface area (Å²) in [4.78, 5) is 62.3. The first kappa shape index (κ1) is 44.0. The highest BCUT2D eigenvalue weighted by molar-refractivity contribution is 7.91. The van der Waals surface area contributed by atoms with Crippen molar-refractivity contribution in [2.24, 2.45) is 17.8 Å². The van der Waals surface area contributed by atoms with Gasteiger partial charge in [-0.2, -0.15) is 18.2 Å². The number of alkyl carbamates (subject to hydrolysis) is 1. The van der Waals surface area contributed by atoms with Crippen LogP contribution < -0.4 is 24.8 Å². The lowest BCUT2D eigenvalue weighted by Crippen LogP contribution is -2.59. The van der Waals surface area contributed by atoms with E-state index in [0.717, 1.165) is 5.39 Å². The van der Waals surface area contributed by atoms with Gasteiger partial charge in [0.2, 0.25) is 39.2 Å². The third kappa shape index (κ3) is 9.41. The predicted molar refractivity (Wildman–Crippen MR) is 211 cm³/mol. The molecule has 4 amide bonds. The van der Waals surface area contributed by atoms with Crippen molar-refractivity contribution >= 4 is 44.6 Å². The first-order chi connectivity index (χ1) is 27.4. The van der Waals surface area contributed by atoms with Crippen LogP contribution in [0.5, 0.6) is 11.8 Å². The lowest BCUT2D eigenvalue weighted by Gasteiger charge is -2.34. The highest BCUT2D eigenvalue weighted by Gasteiger charge is 2.63. The number of rotatable bonds is 9. The van der Waals surface area contributed by atoms with Crippen molar-refractivity contribution in [2.45, 2.75) is 140 Å². The molecule has 324 valence electrons. The highest BCUT2D eigenvalue weighted by atomic mass is 32.2. The van der Waals surface area contributed by atoms with Crippen molar-refractivity contribution < 1.29 is 55.0 Å². The van der Waals surface area contributed by atoms with Crippen molar-refractivity contribution in [3.05, 3.63) is 42.5 Å². The number of amides is 4. The number of carbonyl (C=O) groups excluding carboxylic acids is 4. The molecule has 0 radical (unpaired) electrons. The molecule has 6 rings (SSSR count). The van der Waals surface area contributed by atoms with Gasteiger partial charge in [-0.25, -0.2) is 13.2 Å². The van der Waals surface area contributed by atoms with Crippen LogP contribution in [0, 0.1) is 17.8 Å². The van der Waals surface area contributed by atoms with Gasteiger partial charge in [0.05, 0.1) is 17.4 Å². The average molecular weight is 850 g/mol. The number of aromatic nitrogens is 1. The summed E-state index contributed by atoms with van der Waals surface area (Å²) in [7, 11) is -4.08. The van der Waals surface area contributed by atoms with Crippen LogP contribution in [0.15, 0.2) is 42.5 Å². The molecule has 2 aromatic rings. The maximum absolute atomic E-state index is 14.8.